The molecule has 1 amide bonds. The van der Waals surface area contributed by atoms with Gasteiger partial charge in [0.2, 0.25) is 11.6 Å². The summed E-state index contributed by atoms with van der Waals surface area (Å²) in [6.07, 6.45) is -1.46. The van der Waals surface area contributed by atoms with Crippen LogP contribution in [0.3, 0.4) is 0 Å². The van der Waals surface area contributed by atoms with E-state index in [4.69, 9.17) is 10.00 Å². The second kappa shape index (κ2) is 7.00. The summed E-state index contributed by atoms with van der Waals surface area (Å²) in [6, 6.07) is 7.78. The van der Waals surface area contributed by atoms with Crippen molar-refractivity contribution in [2.75, 3.05) is 5.32 Å². The standard InChI is InChI=1S/C16H10F4N2O2/c1-8(16(23)22-10-4-2-3-9(5-10)7-21)24-15-13(19)11(17)6-12(18)14(15)20/h2-6,8H,1H3,(H,22,23)/t8-/m1/s1. The number of rotatable bonds is 4. The zero-order valence-corrected chi connectivity index (χ0v) is 12.2. The van der Waals surface area contributed by atoms with E-state index in [1.54, 1.807) is 0 Å². The molecular formula is C16H10F4N2O2. The summed E-state index contributed by atoms with van der Waals surface area (Å²) in [7, 11) is 0. The lowest BCUT2D eigenvalue weighted by atomic mass is 10.2. The number of carbonyl (C=O) groups is 1. The Balaban J connectivity index is 2.17. The van der Waals surface area contributed by atoms with E-state index in [-0.39, 0.29) is 17.3 Å². The topological polar surface area (TPSA) is 62.1 Å². The van der Waals surface area contributed by atoms with Crippen LogP contribution in [0.15, 0.2) is 30.3 Å². The fraction of sp³-hybridized carbons (Fsp3) is 0.125. The van der Waals surface area contributed by atoms with Crippen molar-refractivity contribution in [1.82, 2.24) is 0 Å². The van der Waals surface area contributed by atoms with Gasteiger partial charge in [0, 0.05) is 11.8 Å². The Morgan fingerprint density at radius 1 is 1.17 bits per heavy atom. The highest BCUT2D eigenvalue weighted by Crippen LogP contribution is 2.27. The molecule has 0 bridgehead atoms. The minimum absolute atomic E-state index is 0.0374. The number of benzene rings is 2. The number of anilines is 1. The fourth-order valence-electron chi connectivity index (χ4n) is 1.80. The molecule has 124 valence electrons. The van der Waals surface area contributed by atoms with Crippen LogP contribution in [0, 0.1) is 34.6 Å². The van der Waals surface area contributed by atoms with Gasteiger partial charge in [0.25, 0.3) is 5.91 Å². The summed E-state index contributed by atoms with van der Waals surface area (Å²) in [5.41, 5.74) is 0.534. The number of carbonyl (C=O) groups excluding carboxylic acids is 1. The van der Waals surface area contributed by atoms with Crippen molar-refractivity contribution in [3.8, 4) is 11.8 Å². The predicted octanol–water partition coefficient (Wildman–Crippen LogP) is 3.52. The third kappa shape index (κ3) is 3.63. The van der Waals surface area contributed by atoms with Gasteiger partial charge in [0.1, 0.15) is 0 Å². The quantitative estimate of drug-likeness (QED) is 0.685. The lowest BCUT2D eigenvalue weighted by molar-refractivity contribution is -0.122. The molecule has 1 N–H and O–H groups in total. The summed E-state index contributed by atoms with van der Waals surface area (Å²) in [5, 5.41) is 11.1. The van der Waals surface area contributed by atoms with Gasteiger partial charge >= 0.3 is 0 Å². The SMILES string of the molecule is C[C@@H](Oc1c(F)c(F)cc(F)c1F)C(=O)Nc1cccc(C#N)c1. The molecule has 8 heteroatoms. The molecule has 4 nitrogen and oxygen atoms in total. The molecule has 0 saturated heterocycles. The summed E-state index contributed by atoms with van der Waals surface area (Å²) >= 11 is 0. The smallest absolute Gasteiger partial charge is 0.265 e. The monoisotopic (exact) mass is 338 g/mol. The van der Waals surface area contributed by atoms with Crippen LogP contribution in [-0.4, -0.2) is 12.0 Å². The summed E-state index contributed by atoms with van der Waals surface area (Å²) in [6.45, 7) is 1.14. The molecule has 0 radical (unpaired) electrons. The lowest BCUT2D eigenvalue weighted by Crippen LogP contribution is -2.31. The van der Waals surface area contributed by atoms with Gasteiger partial charge in [-0.1, -0.05) is 6.07 Å². The van der Waals surface area contributed by atoms with Crippen LogP contribution in [0.2, 0.25) is 0 Å². The highest BCUT2D eigenvalue weighted by molar-refractivity contribution is 5.94. The summed E-state index contributed by atoms with van der Waals surface area (Å²) in [4.78, 5) is 12.0. The van der Waals surface area contributed by atoms with Crippen LogP contribution in [-0.2, 0) is 4.79 Å². The van der Waals surface area contributed by atoms with Crippen molar-refractivity contribution in [1.29, 1.82) is 5.26 Å². The van der Waals surface area contributed by atoms with Gasteiger partial charge in [-0.25, -0.2) is 8.78 Å². The number of nitrogens with one attached hydrogen (secondary N) is 1. The van der Waals surface area contributed by atoms with E-state index in [9.17, 15) is 22.4 Å². The number of nitriles is 1. The minimum atomic E-state index is -1.74. The second-order valence-electron chi connectivity index (χ2n) is 4.74. The Labute approximate surface area is 134 Å². The molecule has 0 aromatic heterocycles. The molecule has 1 atom stereocenters. The Kier molecular flexibility index (Phi) is 5.04. The third-order valence-corrected chi connectivity index (χ3v) is 2.99. The fourth-order valence-corrected chi connectivity index (χ4v) is 1.80. The van der Waals surface area contributed by atoms with Gasteiger partial charge in [-0.05, 0) is 25.1 Å². The zero-order valence-electron chi connectivity index (χ0n) is 12.2. The average Bonchev–Trinajstić information content (AvgIpc) is 2.56. The average molecular weight is 338 g/mol. The zero-order chi connectivity index (χ0) is 17.9. The molecule has 0 aliphatic rings. The van der Waals surface area contributed by atoms with Crippen LogP contribution in [0.5, 0.6) is 5.75 Å². The van der Waals surface area contributed by atoms with Gasteiger partial charge in [0.05, 0.1) is 11.6 Å². The summed E-state index contributed by atoms with van der Waals surface area (Å²) < 4.78 is 58.0. The second-order valence-corrected chi connectivity index (χ2v) is 4.74. The van der Waals surface area contributed by atoms with E-state index in [0.717, 1.165) is 6.92 Å². The van der Waals surface area contributed by atoms with E-state index in [1.165, 1.54) is 24.3 Å². The van der Waals surface area contributed by atoms with E-state index in [0.29, 0.717) is 0 Å². The number of hydrogen-bond acceptors (Lipinski definition) is 3. The van der Waals surface area contributed by atoms with Crippen molar-refractivity contribution in [3.63, 3.8) is 0 Å². The van der Waals surface area contributed by atoms with E-state index in [2.05, 4.69) is 5.32 Å². The molecule has 0 aliphatic heterocycles. The van der Waals surface area contributed by atoms with Crippen molar-refractivity contribution in [3.05, 3.63) is 59.2 Å². The van der Waals surface area contributed by atoms with Crippen LogP contribution in [0.25, 0.3) is 0 Å². The Hall–Kier alpha value is -3.08. The molecule has 0 unspecified atom stereocenters. The molecule has 0 aliphatic carbocycles. The normalized spacial score (nSPS) is 11.5. The van der Waals surface area contributed by atoms with Crippen molar-refractivity contribution in [2.24, 2.45) is 0 Å². The van der Waals surface area contributed by atoms with Crippen molar-refractivity contribution in [2.45, 2.75) is 13.0 Å². The largest absolute Gasteiger partial charge is 0.475 e. The molecule has 2 aromatic rings. The maximum atomic E-state index is 13.5. The number of hydrogen-bond donors (Lipinski definition) is 1. The van der Waals surface area contributed by atoms with Crippen LogP contribution in [0.1, 0.15) is 12.5 Å². The first-order valence-electron chi connectivity index (χ1n) is 6.64. The van der Waals surface area contributed by atoms with Crippen LogP contribution >= 0.6 is 0 Å². The molecule has 24 heavy (non-hydrogen) atoms. The minimum Gasteiger partial charge on any atom is -0.475 e. The van der Waals surface area contributed by atoms with Gasteiger partial charge < -0.3 is 10.1 Å². The highest BCUT2D eigenvalue weighted by atomic mass is 19.2. The lowest BCUT2D eigenvalue weighted by Gasteiger charge is -2.16. The van der Waals surface area contributed by atoms with Gasteiger partial charge in [-0.2, -0.15) is 14.0 Å². The highest BCUT2D eigenvalue weighted by Gasteiger charge is 2.25. The molecule has 2 aromatic carbocycles. The maximum Gasteiger partial charge on any atom is 0.265 e. The van der Waals surface area contributed by atoms with Gasteiger partial charge in [0.15, 0.2) is 23.5 Å². The first-order chi connectivity index (χ1) is 11.3. The number of halogens is 4. The van der Waals surface area contributed by atoms with Gasteiger partial charge in [-0.15, -0.1) is 0 Å². The number of ether oxygens (including phenoxy) is 1. The van der Waals surface area contributed by atoms with E-state index < -0.39 is 41.0 Å². The summed E-state index contributed by atoms with van der Waals surface area (Å²) in [5.74, 6) is -8.90. The Morgan fingerprint density at radius 3 is 2.38 bits per heavy atom. The third-order valence-electron chi connectivity index (χ3n) is 2.99. The number of nitrogens with zero attached hydrogens (tertiary/aromatic N) is 1. The molecule has 2 rings (SSSR count). The first kappa shape index (κ1) is 17.3. The molecule has 0 fully saturated rings. The van der Waals surface area contributed by atoms with Gasteiger partial charge in [-0.3, -0.25) is 4.79 Å². The number of amides is 1. The van der Waals surface area contributed by atoms with E-state index in [1.807, 2.05) is 6.07 Å². The molecular weight excluding hydrogens is 328 g/mol. The van der Waals surface area contributed by atoms with Crippen LogP contribution in [0.4, 0.5) is 23.2 Å². The Bertz CT molecular complexity index is 807. The van der Waals surface area contributed by atoms with Crippen molar-refractivity contribution >= 4 is 11.6 Å². The van der Waals surface area contributed by atoms with Crippen molar-refractivity contribution < 1.29 is 27.1 Å². The van der Waals surface area contributed by atoms with E-state index >= 15 is 0 Å². The molecule has 0 saturated carbocycles. The van der Waals surface area contributed by atoms with Crippen LogP contribution < -0.4 is 10.1 Å². The first-order valence-corrected chi connectivity index (χ1v) is 6.64. The Morgan fingerprint density at radius 2 is 1.79 bits per heavy atom. The molecule has 0 spiro atoms. The molecule has 0 heterocycles. The maximum absolute atomic E-state index is 13.5. The predicted molar refractivity (Wildman–Crippen MR) is 76.2 cm³/mol.